The van der Waals surface area contributed by atoms with Crippen LogP contribution in [0.1, 0.15) is 24.4 Å². The number of benzene rings is 2. The van der Waals surface area contributed by atoms with E-state index < -0.39 is 19.9 Å². The molecule has 1 saturated heterocycles. The van der Waals surface area contributed by atoms with Gasteiger partial charge in [-0.05, 0) is 48.7 Å². The molecule has 0 amide bonds. The first-order chi connectivity index (χ1) is 11.7. The molecular formula is C17H18FNO4S2. The second kappa shape index (κ2) is 6.51. The van der Waals surface area contributed by atoms with Crippen molar-refractivity contribution >= 4 is 19.9 Å². The first-order valence-corrected chi connectivity index (χ1v) is 11.1. The van der Waals surface area contributed by atoms with E-state index in [0.29, 0.717) is 19.4 Å². The zero-order valence-electron chi connectivity index (χ0n) is 13.6. The first-order valence-electron chi connectivity index (χ1n) is 7.77. The SMILES string of the molecule is CS(=O)(=O)c1cccc(S(=O)(=O)N2CCCC2c2ccc(F)cc2)c1. The van der Waals surface area contributed by atoms with Gasteiger partial charge in [0.2, 0.25) is 10.0 Å². The molecule has 134 valence electrons. The summed E-state index contributed by atoms with van der Waals surface area (Å²) in [5, 5.41) is 0. The third kappa shape index (κ3) is 3.61. The predicted molar refractivity (Wildman–Crippen MR) is 91.8 cm³/mol. The molecule has 1 atom stereocenters. The highest BCUT2D eigenvalue weighted by molar-refractivity contribution is 7.91. The lowest BCUT2D eigenvalue weighted by molar-refractivity contribution is 0.396. The molecule has 0 spiro atoms. The van der Waals surface area contributed by atoms with Crippen molar-refractivity contribution in [3.63, 3.8) is 0 Å². The molecule has 1 aliphatic heterocycles. The average molecular weight is 383 g/mol. The Hall–Kier alpha value is -1.77. The van der Waals surface area contributed by atoms with Crippen molar-refractivity contribution in [1.82, 2.24) is 4.31 Å². The number of rotatable bonds is 4. The third-order valence-electron chi connectivity index (χ3n) is 4.30. The smallest absolute Gasteiger partial charge is 0.224 e. The molecule has 2 aromatic rings. The van der Waals surface area contributed by atoms with Crippen LogP contribution in [0.4, 0.5) is 4.39 Å². The molecule has 1 heterocycles. The van der Waals surface area contributed by atoms with Gasteiger partial charge < -0.3 is 0 Å². The summed E-state index contributed by atoms with van der Waals surface area (Å²) >= 11 is 0. The molecule has 3 rings (SSSR count). The summed E-state index contributed by atoms with van der Waals surface area (Å²) in [5.74, 6) is -0.378. The van der Waals surface area contributed by atoms with E-state index in [9.17, 15) is 21.2 Å². The van der Waals surface area contributed by atoms with Gasteiger partial charge in [-0.2, -0.15) is 4.31 Å². The first kappa shape index (κ1) is 18.0. The molecule has 1 aliphatic rings. The summed E-state index contributed by atoms with van der Waals surface area (Å²) in [6, 6.07) is 10.8. The lowest BCUT2D eigenvalue weighted by Crippen LogP contribution is -2.30. The van der Waals surface area contributed by atoms with Crippen molar-refractivity contribution in [2.24, 2.45) is 0 Å². The van der Waals surface area contributed by atoms with Gasteiger partial charge in [0.1, 0.15) is 5.82 Å². The minimum absolute atomic E-state index is 0.0360. The molecule has 0 saturated carbocycles. The Kier molecular flexibility index (Phi) is 4.70. The molecule has 8 heteroatoms. The Morgan fingerprint density at radius 3 is 2.28 bits per heavy atom. The average Bonchev–Trinajstić information content (AvgIpc) is 3.05. The van der Waals surface area contributed by atoms with Crippen LogP contribution in [-0.4, -0.2) is 33.9 Å². The normalized spacial score (nSPS) is 19.2. The van der Waals surface area contributed by atoms with Crippen LogP contribution in [-0.2, 0) is 19.9 Å². The molecule has 5 nitrogen and oxygen atoms in total. The molecule has 0 radical (unpaired) electrons. The standard InChI is InChI=1S/C17H18FNO4S2/c1-24(20,21)15-4-2-5-16(12-15)25(22,23)19-11-3-6-17(19)13-7-9-14(18)10-8-13/h2,4-5,7-10,12,17H,3,6,11H2,1H3. The van der Waals surface area contributed by atoms with E-state index in [2.05, 4.69) is 0 Å². The van der Waals surface area contributed by atoms with Gasteiger partial charge in [-0.15, -0.1) is 0 Å². The van der Waals surface area contributed by atoms with E-state index in [4.69, 9.17) is 0 Å². The van der Waals surface area contributed by atoms with E-state index in [1.165, 1.54) is 40.7 Å². The Balaban J connectivity index is 2.00. The Bertz CT molecular complexity index is 986. The van der Waals surface area contributed by atoms with Crippen LogP contribution in [0.15, 0.2) is 58.3 Å². The van der Waals surface area contributed by atoms with Crippen LogP contribution in [0.5, 0.6) is 0 Å². The van der Waals surface area contributed by atoms with Gasteiger partial charge in [-0.3, -0.25) is 0 Å². The summed E-state index contributed by atoms with van der Waals surface area (Å²) in [5.41, 5.74) is 0.724. The molecule has 0 aliphatic carbocycles. The fourth-order valence-corrected chi connectivity index (χ4v) is 5.52. The van der Waals surface area contributed by atoms with Crippen molar-refractivity contribution in [2.75, 3.05) is 12.8 Å². The van der Waals surface area contributed by atoms with Crippen LogP contribution in [0.25, 0.3) is 0 Å². The van der Waals surface area contributed by atoms with Crippen molar-refractivity contribution < 1.29 is 21.2 Å². The van der Waals surface area contributed by atoms with Crippen LogP contribution < -0.4 is 0 Å². The summed E-state index contributed by atoms with van der Waals surface area (Å²) < 4.78 is 64.0. The molecule has 1 unspecified atom stereocenters. The number of sulfone groups is 1. The minimum Gasteiger partial charge on any atom is -0.224 e. The largest absolute Gasteiger partial charge is 0.243 e. The fraction of sp³-hybridized carbons (Fsp3) is 0.294. The van der Waals surface area contributed by atoms with Gasteiger partial charge in [0.25, 0.3) is 0 Å². The minimum atomic E-state index is -3.85. The second-order valence-electron chi connectivity index (χ2n) is 6.07. The number of nitrogens with zero attached hydrogens (tertiary/aromatic N) is 1. The highest BCUT2D eigenvalue weighted by atomic mass is 32.2. The number of halogens is 1. The summed E-state index contributed by atoms with van der Waals surface area (Å²) in [4.78, 5) is -0.0875. The molecule has 0 aromatic heterocycles. The van der Waals surface area contributed by atoms with Crippen molar-refractivity contribution in [3.8, 4) is 0 Å². The van der Waals surface area contributed by atoms with Gasteiger partial charge in [0.05, 0.1) is 15.8 Å². The number of hydrogen-bond acceptors (Lipinski definition) is 4. The molecule has 25 heavy (non-hydrogen) atoms. The fourth-order valence-electron chi connectivity index (χ4n) is 3.05. The van der Waals surface area contributed by atoms with Gasteiger partial charge >= 0.3 is 0 Å². The van der Waals surface area contributed by atoms with Gasteiger partial charge in [-0.25, -0.2) is 21.2 Å². The predicted octanol–water partition coefficient (Wildman–Crippen LogP) is 2.76. The van der Waals surface area contributed by atoms with E-state index in [1.54, 1.807) is 12.1 Å². The van der Waals surface area contributed by atoms with Gasteiger partial charge in [-0.1, -0.05) is 18.2 Å². The molecule has 0 N–H and O–H groups in total. The Morgan fingerprint density at radius 2 is 1.64 bits per heavy atom. The van der Waals surface area contributed by atoms with Crippen LogP contribution in [0, 0.1) is 5.82 Å². The topological polar surface area (TPSA) is 71.5 Å². The van der Waals surface area contributed by atoms with Crippen LogP contribution in [0.3, 0.4) is 0 Å². The quantitative estimate of drug-likeness (QED) is 0.814. The highest BCUT2D eigenvalue weighted by Crippen LogP contribution is 2.36. The van der Waals surface area contributed by atoms with Crippen LogP contribution in [0.2, 0.25) is 0 Å². The number of hydrogen-bond donors (Lipinski definition) is 0. The van der Waals surface area contributed by atoms with E-state index >= 15 is 0 Å². The Morgan fingerprint density at radius 1 is 1.00 bits per heavy atom. The summed E-state index contributed by atoms with van der Waals surface area (Å²) in [6.07, 6.45) is 2.36. The second-order valence-corrected chi connectivity index (χ2v) is 9.98. The van der Waals surface area contributed by atoms with Crippen molar-refractivity contribution in [2.45, 2.75) is 28.7 Å². The molecule has 1 fully saturated rings. The van der Waals surface area contributed by atoms with Crippen molar-refractivity contribution in [3.05, 3.63) is 59.9 Å². The monoisotopic (exact) mass is 383 g/mol. The zero-order chi connectivity index (χ0) is 18.2. The maximum atomic E-state index is 13.1. The third-order valence-corrected chi connectivity index (χ3v) is 7.31. The van der Waals surface area contributed by atoms with Crippen LogP contribution >= 0.6 is 0 Å². The molecule has 0 bridgehead atoms. The summed E-state index contributed by atoms with van der Waals surface area (Å²) in [6.45, 7) is 0.341. The molecular weight excluding hydrogens is 365 g/mol. The highest BCUT2D eigenvalue weighted by Gasteiger charge is 2.36. The molecule has 2 aromatic carbocycles. The Labute approximate surface area is 147 Å². The van der Waals surface area contributed by atoms with E-state index in [0.717, 1.165) is 11.8 Å². The van der Waals surface area contributed by atoms with E-state index in [-0.39, 0.29) is 21.7 Å². The van der Waals surface area contributed by atoms with E-state index in [1.807, 2.05) is 0 Å². The summed E-state index contributed by atoms with van der Waals surface area (Å²) in [7, 11) is -7.36. The van der Waals surface area contributed by atoms with Crippen molar-refractivity contribution in [1.29, 1.82) is 0 Å². The maximum Gasteiger partial charge on any atom is 0.243 e. The number of sulfonamides is 1. The lowest BCUT2D eigenvalue weighted by Gasteiger charge is -2.24. The maximum absolute atomic E-state index is 13.1. The lowest BCUT2D eigenvalue weighted by atomic mass is 10.1. The van der Waals surface area contributed by atoms with Gasteiger partial charge in [0.15, 0.2) is 9.84 Å². The van der Waals surface area contributed by atoms with Gasteiger partial charge in [0, 0.05) is 12.8 Å². The zero-order valence-corrected chi connectivity index (χ0v) is 15.2.